The van der Waals surface area contributed by atoms with Crippen molar-refractivity contribution in [2.24, 2.45) is 0 Å². The molecule has 0 aromatic heterocycles. The van der Waals surface area contributed by atoms with E-state index in [-0.39, 0.29) is 0 Å². The smallest absolute Gasteiger partial charge is 0.100 e. The Morgan fingerprint density at radius 2 is 0.854 bits per heavy atom. The number of rotatable bonds is 12. The summed E-state index contributed by atoms with van der Waals surface area (Å²) in [6.45, 7) is 63.1. The average Bonchev–Trinajstić information content (AvgIpc) is 3.48. The van der Waals surface area contributed by atoms with Crippen molar-refractivity contribution in [3.63, 3.8) is 0 Å². The summed E-state index contributed by atoms with van der Waals surface area (Å²) < 4.78 is 0. The first-order valence-corrected chi connectivity index (χ1v) is 42.8. The standard InChI is InChI=1S/C41H78Si7/c1-29(2)36-28-48(36,37-31(4)24-30(3)25-32(37)5)38-34(40(44(12,13)14)45(15,16)17)26-33(39(42(6,7)8)43(9,10)11)27-35(38)41(46(18,19)20)47(21,22)23/h24-27,36,39-41H,1,28H2,2-23H3. The minimum absolute atomic E-state index is 0.638. The van der Waals surface area contributed by atoms with E-state index in [1.165, 1.54) is 17.2 Å². The molecular weight excluding hydrogens is 689 g/mol. The molecule has 1 aliphatic heterocycles. The van der Waals surface area contributed by atoms with Gasteiger partial charge in [-0.25, -0.2) is 0 Å². The molecule has 7 heteroatoms. The largest absolute Gasteiger partial charge is 0.126 e. The van der Waals surface area contributed by atoms with E-state index in [4.69, 9.17) is 6.58 Å². The predicted octanol–water partition coefficient (Wildman–Crippen LogP) is 12.6. The zero-order valence-electron chi connectivity index (χ0n) is 36.0. The summed E-state index contributed by atoms with van der Waals surface area (Å²) in [5.41, 5.74) is 12.1. The topological polar surface area (TPSA) is 0 Å². The van der Waals surface area contributed by atoms with E-state index in [9.17, 15) is 0 Å². The number of aryl methyl sites for hydroxylation is 3. The van der Waals surface area contributed by atoms with Crippen LogP contribution >= 0.6 is 0 Å². The Bertz CT molecular complexity index is 1410. The monoisotopic (exact) mass is 766 g/mol. The molecule has 0 saturated carbocycles. The molecule has 0 spiro atoms. The van der Waals surface area contributed by atoms with Gasteiger partial charge in [-0.2, -0.15) is 0 Å². The molecule has 2 unspecified atom stereocenters. The molecule has 270 valence electrons. The lowest BCUT2D eigenvalue weighted by Gasteiger charge is -2.47. The maximum absolute atomic E-state index is 4.78. The fourth-order valence-corrected chi connectivity index (χ4v) is 57.5. The normalized spacial score (nSPS) is 19.9. The van der Waals surface area contributed by atoms with E-state index >= 15 is 0 Å². The molecule has 0 aliphatic carbocycles. The van der Waals surface area contributed by atoms with Crippen molar-refractivity contribution >= 4 is 66.9 Å². The van der Waals surface area contributed by atoms with Crippen LogP contribution in [0.25, 0.3) is 0 Å². The zero-order valence-corrected chi connectivity index (χ0v) is 43.0. The highest BCUT2D eigenvalue weighted by Gasteiger charge is 2.63. The summed E-state index contributed by atoms with van der Waals surface area (Å²) in [4.78, 5) is 0. The summed E-state index contributed by atoms with van der Waals surface area (Å²) in [5, 5.41) is 5.93. The lowest BCUT2D eigenvalue weighted by molar-refractivity contribution is 1.09. The Labute approximate surface area is 307 Å². The third-order valence-corrected chi connectivity index (χ3v) is 45.0. The molecule has 1 saturated heterocycles. The van der Waals surface area contributed by atoms with Crippen molar-refractivity contribution in [3.05, 3.63) is 69.8 Å². The van der Waals surface area contributed by atoms with E-state index in [0.29, 0.717) is 5.54 Å². The molecular formula is C41H78Si7. The molecule has 0 N–H and O–H groups in total. The average molecular weight is 768 g/mol. The van der Waals surface area contributed by atoms with Crippen molar-refractivity contribution in [3.8, 4) is 0 Å². The molecule has 48 heavy (non-hydrogen) atoms. The molecule has 2 aromatic carbocycles. The maximum Gasteiger partial charge on any atom is 0.126 e. The summed E-state index contributed by atoms with van der Waals surface area (Å²) in [6.07, 6.45) is 0. The molecule has 2 aromatic rings. The van der Waals surface area contributed by atoms with Gasteiger partial charge in [-0.05, 0) is 81.8 Å². The van der Waals surface area contributed by atoms with Gasteiger partial charge in [0.2, 0.25) is 0 Å². The van der Waals surface area contributed by atoms with Gasteiger partial charge in [0.05, 0.1) is 0 Å². The Kier molecular flexibility index (Phi) is 11.7. The van der Waals surface area contributed by atoms with Crippen LogP contribution in [0.1, 0.15) is 55.8 Å². The highest BCUT2D eigenvalue weighted by molar-refractivity contribution is 7.13. The zero-order chi connectivity index (χ0) is 37.5. The lowest BCUT2D eigenvalue weighted by Crippen LogP contribution is -2.59. The molecule has 1 fully saturated rings. The molecule has 0 amide bonds. The molecule has 2 atom stereocenters. The van der Waals surface area contributed by atoms with E-state index < -0.39 is 56.5 Å². The Hall–Kier alpha value is -0.302. The first-order valence-electron chi connectivity index (χ1n) is 19.1. The summed E-state index contributed by atoms with van der Waals surface area (Å²) in [6, 6.07) is 12.3. The molecule has 0 nitrogen and oxygen atoms in total. The first kappa shape index (κ1) is 42.1. The van der Waals surface area contributed by atoms with Crippen molar-refractivity contribution in [2.75, 3.05) is 0 Å². The summed E-state index contributed by atoms with van der Waals surface area (Å²) in [7, 11) is -11.7. The van der Waals surface area contributed by atoms with E-state index in [1.807, 2.05) is 16.3 Å². The van der Waals surface area contributed by atoms with E-state index in [1.54, 1.807) is 21.9 Å². The first-order chi connectivity index (χ1) is 21.2. The molecule has 1 heterocycles. The van der Waals surface area contributed by atoms with Gasteiger partial charge in [0.1, 0.15) is 8.07 Å². The second-order valence-electron chi connectivity index (χ2n) is 22.9. The van der Waals surface area contributed by atoms with Crippen molar-refractivity contribution in [2.45, 2.75) is 173 Å². The van der Waals surface area contributed by atoms with Crippen LogP contribution in [-0.4, -0.2) is 56.5 Å². The van der Waals surface area contributed by atoms with Crippen LogP contribution in [0.2, 0.25) is 129 Å². The maximum atomic E-state index is 4.78. The van der Waals surface area contributed by atoms with E-state index in [0.717, 1.165) is 15.5 Å². The van der Waals surface area contributed by atoms with Crippen molar-refractivity contribution < 1.29 is 0 Å². The van der Waals surface area contributed by atoms with E-state index in [2.05, 4.69) is 170 Å². The second kappa shape index (κ2) is 13.3. The number of hydrogen-bond acceptors (Lipinski definition) is 0. The predicted molar refractivity (Wildman–Crippen MR) is 244 cm³/mol. The molecule has 0 radical (unpaired) electrons. The lowest BCUT2D eigenvalue weighted by atomic mass is 10.1. The van der Waals surface area contributed by atoms with Crippen molar-refractivity contribution in [1.82, 2.24) is 0 Å². The van der Waals surface area contributed by atoms with Crippen LogP contribution in [0.5, 0.6) is 0 Å². The van der Waals surface area contributed by atoms with Gasteiger partial charge in [-0.15, -0.1) is 6.58 Å². The molecule has 3 rings (SSSR count). The van der Waals surface area contributed by atoms with Crippen molar-refractivity contribution in [1.29, 1.82) is 0 Å². The highest BCUT2D eigenvalue weighted by atomic mass is 28.4. The quantitative estimate of drug-likeness (QED) is 0.149. The molecule has 1 aliphatic rings. The van der Waals surface area contributed by atoms with Crippen LogP contribution < -0.4 is 10.4 Å². The van der Waals surface area contributed by atoms with Gasteiger partial charge in [0.15, 0.2) is 0 Å². The van der Waals surface area contributed by atoms with Crippen LogP contribution in [-0.2, 0) is 0 Å². The van der Waals surface area contributed by atoms with Gasteiger partial charge < -0.3 is 0 Å². The Balaban J connectivity index is 2.87. The van der Waals surface area contributed by atoms with Crippen LogP contribution in [0.4, 0.5) is 0 Å². The number of hydrogen-bond donors (Lipinski definition) is 0. The van der Waals surface area contributed by atoms with Gasteiger partial charge in [-0.3, -0.25) is 0 Å². The molecule has 0 bridgehead atoms. The summed E-state index contributed by atoms with van der Waals surface area (Å²) in [5.74, 6) is 0. The third-order valence-electron chi connectivity index (χ3n) is 11.5. The SMILES string of the molecule is C=C(C)C1C[Si]1(c1c(C)cc(C)cc1C)c1c(C([Si](C)(C)C)[Si](C)(C)C)cc(C([Si](C)(C)C)[Si](C)(C)C)cc1C([Si](C)(C)C)[Si](C)(C)C. The third kappa shape index (κ3) is 8.33. The number of allylic oxidation sites excluding steroid dienone is 1. The Morgan fingerprint density at radius 1 is 0.542 bits per heavy atom. The van der Waals surface area contributed by atoms with Gasteiger partial charge in [0, 0.05) is 48.4 Å². The minimum atomic E-state index is -2.18. The van der Waals surface area contributed by atoms with Gasteiger partial charge in [0.25, 0.3) is 0 Å². The summed E-state index contributed by atoms with van der Waals surface area (Å²) >= 11 is 0. The minimum Gasteiger partial charge on any atom is -0.100 e. The fourth-order valence-electron chi connectivity index (χ4n) is 12.0. The van der Waals surface area contributed by atoms with Gasteiger partial charge >= 0.3 is 0 Å². The van der Waals surface area contributed by atoms with Crippen LogP contribution in [0, 0.1) is 20.8 Å². The Morgan fingerprint density at radius 3 is 1.10 bits per heavy atom. The van der Waals surface area contributed by atoms with Gasteiger partial charge in [-0.1, -0.05) is 164 Å². The number of benzene rings is 2. The van der Waals surface area contributed by atoms with Crippen LogP contribution in [0.15, 0.2) is 36.4 Å². The van der Waals surface area contributed by atoms with Crippen LogP contribution in [0.3, 0.4) is 0 Å². The second-order valence-corrected chi connectivity index (χ2v) is 60.6. The highest BCUT2D eigenvalue weighted by Crippen LogP contribution is 2.56. The fraction of sp³-hybridized carbons (Fsp3) is 0.659.